The van der Waals surface area contributed by atoms with E-state index in [1.807, 2.05) is 28.9 Å². The quantitative estimate of drug-likeness (QED) is 0.587. The van der Waals surface area contributed by atoms with Crippen molar-refractivity contribution in [3.8, 4) is 11.3 Å². The molecule has 0 aliphatic heterocycles. The first-order valence-electron chi connectivity index (χ1n) is 6.43. The molecule has 0 saturated heterocycles. The van der Waals surface area contributed by atoms with Crippen molar-refractivity contribution in [3.05, 3.63) is 54.5 Å². The number of nitrogens with zero attached hydrogens (tertiary/aromatic N) is 3. The molecule has 4 aromatic rings. The Bertz CT molecular complexity index is 982. The van der Waals surface area contributed by atoms with Gasteiger partial charge in [-0.3, -0.25) is 9.89 Å². The summed E-state index contributed by atoms with van der Waals surface area (Å²) < 4.78 is 1.92. The van der Waals surface area contributed by atoms with E-state index in [1.165, 1.54) is 0 Å². The number of aromatic amines is 1. The fourth-order valence-electron chi connectivity index (χ4n) is 2.44. The zero-order valence-corrected chi connectivity index (χ0v) is 10.9. The minimum Gasteiger partial charge on any atom is -0.366 e. The molecule has 0 bridgehead atoms. The molecule has 3 aromatic heterocycles. The molecular weight excluding hydrogens is 266 g/mol. The van der Waals surface area contributed by atoms with Crippen LogP contribution in [0.5, 0.6) is 0 Å². The van der Waals surface area contributed by atoms with Crippen LogP contribution in [0.2, 0.25) is 0 Å². The van der Waals surface area contributed by atoms with E-state index < -0.39 is 5.91 Å². The first-order chi connectivity index (χ1) is 10.2. The Morgan fingerprint density at radius 1 is 1.19 bits per heavy atom. The topological polar surface area (TPSA) is 89.1 Å². The number of primary amides is 1. The van der Waals surface area contributed by atoms with E-state index in [1.54, 1.807) is 24.4 Å². The van der Waals surface area contributed by atoms with E-state index in [4.69, 9.17) is 5.73 Å². The van der Waals surface area contributed by atoms with Crippen molar-refractivity contribution < 1.29 is 4.79 Å². The molecule has 0 unspecified atom stereocenters. The number of carbonyl (C=O) groups is 1. The zero-order valence-electron chi connectivity index (χ0n) is 10.9. The Kier molecular flexibility index (Phi) is 2.32. The van der Waals surface area contributed by atoms with Crippen molar-refractivity contribution in [2.45, 2.75) is 0 Å². The second-order valence-corrected chi connectivity index (χ2v) is 4.80. The Labute approximate surface area is 119 Å². The molecule has 1 amide bonds. The summed E-state index contributed by atoms with van der Waals surface area (Å²) in [7, 11) is 0. The highest BCUT2D eigenvalue weighted by Gasteiger charge is 2.11. The van der Waals surface area contributed by atoms with Gasteiger partial charge in [-0.2, -0.15) is 5.10 Å². The van der Waals surface area contributed by atoms with Gasteiger partial charge in [0.15, 0.2) is 0 Å². The van der Waals surface area contributed by atoms with Gasteiger partial charge < -0.3 is 10.1 Å². The molecule has 3 N–H and O–H groups in total. The van der Waals surface area contributed by atoms with Crippen LogP contribution in [-0.4, -0.2) is 25.5 Å². The monoisotopic (exact) mass is 277 g/mol. The van der Waals surface area contributed by atoms with Gasteiger partial charge in [0.1, 0.15) is 11.3 Å². The lowest BCUT2D eigenvalue weighted by Crippen LogP contribution is -2.10. The van der Waals surface area contributed by atoms with Crippen LogP contribution in [0.25, 0.3) is 27.8 Å². The maximum Gasteiger partial charge on any atom is 0.248 e. The molecule has 21 heavy (non-hydrogen) atoms. The van der Waals surface area contributed by atoms with Crippen LogP contribution in [-0.2, 0) is 0 Å². The van der Waals surface area contributed by atoms with Crippen molar-refractivity contribution in [1.29, 1.82) is 0 Å². The van der Waals surface area contributed by atoms with Crippen molar-refractivity contribution >= 4 is 22.5 Å². The summed E-state index contributed by atoms with van der Waals surface area (Å²) in [5.41, 5.74) is 9.22. The number of carbonyl (C=O) groups excluding carboxylic acids is 1. The van der Waals surface area contributed by atoms with E-state index in [9.17, 15) is 4.79 Å². The van der Waals surface area contributed by atoms with Crippen molar-refractivity contribution in [3.63, 3.8) is 0 Å². The Morgan fingerprint density at radius 3 is 2.95 bits per heavy atom. The summed E-state index contributed by atoms with van der Waals surface area (Å²) in [6.07, 6.45) is 5.55. The van der Waals surface area contributed by atoms with Gasteiger partial charge in [0.25, 0.3) is 0 Å². The van der Waals surface area contributed by atoms with Crippen molar-refractivity contribution in [2.24, 2.45) is 5.73 Å². The smallest absolute Gasteiger partial charge is 0.248 e. The normalized spacial score (nSPS) is 11.2. The molecule has 0 radical (unpaired) electrons. The van der Waals surface area contributed by atoms with Crippen molar-refractivity contribution in [1.82, 2.24) is 19.6 Å². The lowest BCUT2D eigenvalue weighted by atomic mass is 10.1. The molecule has 0 aliphatic carbocycles. The van der Waals surface area contributed by atoms with E-state index in [-0.39, 0.29) is 0 Å². The third-order valence-corrected chi connectivity index (χ3v) is 3.52. The van der Waals surface area contributed by atoms with E-state index in [0.717, 1.165) is 27.8 Å². The number of imidazole rings is 1. The maximum atomic E-state index is 11.3. The summed E-state index contributed by atoms with van der Waals surface area (Å²) in [4.78, 5) is 15.6. The molecule has 0 aliphatic rings. The molecule has 0 saturated carbocycles. The third-order valence-electron chi connectivity index (χ3n) is 3.52. The highest BCUT2D eigenvalue weighted by molar-refractivity contribution is 6.00. The van der Waals surface area contributed by atoms with Crippen LogP contribution in [0, 0.1) is 0 Å². The molecule has 0 fully saturated rings. The highest BCUT2D eigenvalue weighted by Crippen LogP contribution is 2.27. The Balaban J connectivity index is 1.96. The standard InChI is InChI=1S/C15H11N5O/c16-15(21)10-1-2-12-11(7-10)14(19-18-12)9-3-5-20-6-4-17-13(20)8-9/h1-8H,(H2,16,21)(H,18,19). The number of hydrogen-bond donors (Lipinski definition) is 2. The number of H-pyrrole nitrogens is 1. The average molecular weight is 277 g/mol. The van der Waals surface area contributed by atoms with Gasteiger partial charge in [-0.15, -0.1) is 0 Å². The van der Waals surface area contributed by atoms with Crippen LogP contribution in [0.4, 0.5) is 0 Å². The maximum absolute atomic E-state index is 11.3. The van der Waals surface area contributed by atoms with E-state index >= 15 is 0 Å². The highest BCUT2D eigenvalue weighted by atomic mass is 16.1. The average Bonchev–Trinajstić information content (AvgIpc) is 3.12. The van der Waals surface area contributed by atoms with Crippen LogP contribution in [0.1, 0.15) is 10.4 Å². The minimum absolute atomic E-state index is 0.451. The number of hydrogen-bond acceptors (Lipinski definition) is 3. The lowest BCUT2D eigenvalue weighted by molar-refractivity contribution is 0.100. The van der Waals surface area contributed by atoms with E-state index in [2.05, 4.69) is 15.2 Å². The molecule has 0 atom stereocenters. The predicted octanol–water partition coefficient (Wildman–Crippen LogP) is 1.98. The zero-order chi connectivity index (χ0) is 14.4. The fraction of sp³-hybridized carbons (Fsp3) is 0. The fourth-order valence-corrected chi connectivity index (χ4v) is 2.44. The van der Waals surface area contributed by atoms with Crippen LogP contribution in [0.15, 0.2) is 48.9 Å². The van der Waals surface area contributed by atoms with Gasteiger partial charge in [0, 0.05) is 35.1 Å². The molecule has 6 nitrogen and oxygen atoms in total. The molecule has 0 spiro atoms. The Morgan fingerprint density at radius 2 is 2.10 bits per heavy atom. The van der Waals surface area contributed by atoms with Gasteiger partial charge >= 0.3 is 0 Å². The number of nitrogens with two attached hydrogens (primary N) is 1. The number of rotatable bonds is 2. The van der Waals surface area contributed by atoms with Gasteiger partial charge in [0.2, 0.25) is 5.91 Å². The van der Waals surface area contributed by atoms with Gasteiger partial charge in [0.05, 0.1) is 5.52 Å². The molecule has 6 heteroatoms. The van der Waals surface area contributed by atoms with Gasteiger partial charge in [-0.25, -0.2) is 4.98 Å². The first-order valence-corrected chi connectivity index (χ1v) is 6.43. The minimum atomic E-state index is -0.451. The van der Waals surface area contributed by atoms with Crippen molar-refractivity contribution in [2.75, 3.05) is 0 Å². The molecule has 4 rings (SSSR count). The summed E-state index contributed by atoms with van der Waals surface area (Å²) in [5.74, 6) is -0.451. The predicted molar refractivity (Wildman–Crippen MR) is 78.8 cm³/mol. The second-order valence-electron chi connectivity index (χ2n) is 4.80. The van der Waals surface area contributed by atoms with Gasteiger partial charge in [-0.05, 0) is 30.3 Å². The largest absolute Gasteiger partial charge is 0.366 e. The lowest BCUT2D eigenvalue weighted by Gasteiger charge is -2.01. The summed E-state index contributed by atoms with van der Waals surface area (Å²) in [6.45, 7) is 0. The second kappa shape index (κ2) is 4.17. The van der Waals surface area contributed by atoms with Crippen LogP contribution >= 0.6 is 0 Å². The summed E-state index contributed by atoms with van der Waals surface area (Å²) >= 11 is 0. The first kappa shape index (κ1) is 11.7. The van der Waals surface area contributed by atoms with Crippen LogP contribution in [0.3, 0.4) is 0 Å². The molecule has 1 aromatic carbocycles. The number of benzene rings is 1. The number of pyridine rings is 1. The number of nitrogens with one attached hydrogen (secondary N) is 1. The number of fused-ring (bicyclic) bond motifs is 2. The van der Waals surface area contributed by atoms with Crippen LogP contribution < -0.4 is 5.73 Å². The van der Waals surface area contributed by atoms with Gasteiger partial charge in [-0.1, -0.05) is 0 Å². The number of aromatic nitrogens is 4. The number of amides is 1. The summed E-state index contributed by atoms with van der Waals surface area (Å²) in [6, 6.07) is 9.16. The van der Waals surface area contributed by atoms with E-state index in [0.29, 0.717) is 5.56 Å². The molecular formula is C15H11N5O. The third kappa shape index (κ3) is 1.77. The Hall–Kier alpha value is -3.15. The SMILES string of the molecule is NC(=O)c1ccc2[nH]nc(-c3ccn4ccnc4c3)c2c1. The molecule has 102 valence electrons. The molecule has 3 heterocycles. The summed E-state index contributed by atoms with van der Waals surface area (Å²) in [5, 5.41) is 8.17.